The van der Waals surface area contributed by atoms with Crippen molar-refractivity contribution in [3.63, 3.8) is 0 Å². The van der Waals surface area contributed by atoms with E-state index in [9.17, 15) is 13.2 Å². The van der Waals surface area contributed by atoms with Gasteiger partial charge in [0.05, 0.1) is 4.88 Å². The summed E-state index contributed by atoms with van der Waals surface area (Å²) in [6, 6.07) is 10.5. The normalized spacial score (nSPS) is 14.9. The molecule has 0 atom stereocenters. The van der Waals surface area contributed by atoms with Gasteiger partial charge < -0.3 is 9.88 Å². The SMILES string of the molecule is Cl.O=C(c1ncc(-c2ccncc2)s1)N1CCN(S(=O)(=O)c2cc3cc(Cl)ccc3[nH]2)CC1. The van der Waals surface area contributed by atoms with Crippen molar-refractivity contribution < 1.29 is 13.2 Å². The monoisotopic (exact) mass is 523 g/mol. The van der Waals surface area contributed by atoms with Gasteiger partial charge in [0, 0.05) is 60.7 Å². The molecular weight excluding hydrogens is 505 g/mol. The molecule has 1 aliphatic rings. The number of carbonyl (C=O) groups is 1. The van der Waals surface area contributed by atoms with Crippen LogP contribution in [0.3, 0.4) is 0 Å². The number of aromatic amines is 1. The summed E-state index contributed by atoms with van der Waals surface area (Å²) in [4.78, 5) is 26.7. The first-order valence-electron chi connectivity index (χ1n) is 9.86. The Morgan fingerprint density at radius 2 is 1.79 bits per heavy atom. The second-order valence-electron chi connectivity index (χ2n) is 7.33. The molecular formula is C21H19Cl2N5O3S2. The van der Waals surface area contributed by atoms with E-state index in [2.05, 4.69) is 15.0 Å². The minimum absolute atomic E-state index is 0. The number of halogens is 2. The minimum atomic E-state index is -3.70. The van der Waals surface area contributed by atoms with Gasteiger partial charge in [-0.15, -0.1) is 23.7 Å². The lowest BCUT2D eigenvalue weighted by Crippen LogP contribution is -2.50. The summed E-state index contributed by atoms with van der Waals surface area (Å²) in [5, 5.41) is 1.79. The largest absolute Gasteiger partial charge is 0.345 e. The standard InChI is InChI=1S/C21H18ClN5O3S2.ClH/c22-16-1-2-17-15(11-16)12-19(25-17)32(29,30)27-9-7-26(8-10-27)21(28)20-24-13-18(31-20)14-3-5-23-6-4-14;/h1-6,11-13,25H,7-10H2;1H. The van der Waals surface area contributed by atoms with E-state index in [1.807, 2.05) is 12.1 Å². The quantitative estimate of drug-likeness (QED) is 0.437. The van der Waals surface area contributed by atoms with E-state index in [-0.39, 0.29) is 36.4 Å². The number of piperazine rings is 1. The van der Waals surface area contributed by atoms with Gasteiger partial charge in [-0.2, -0.15) is 4.31 Å². The molecule has 1 amide bonds. The fourth-order valence-electron chi connectivity index (χ4n) is 3.64. The van der Waals surface area contributed by atoms with E-state index in [0.29, 0.717) is 28.6 Å². The summed E-state index contributed by atoms with van der Waals surface area (Å²) in [5.74, 6) is -0.187. The lowest BCUT2D eigenvalue weighted by molar-refractivity contribution is 0.0697. The molecule has 3 aromatic heterocycles. The van der Waals surface area contributed by atoms with Crippen LogP contribution in [-0.4, -0.2) is 64.7 Å². The Morgan fingerprint density at radius 3 is 2.52 bits per heavy atom. The van der Waals surface area contributed by atoms with Crippen molar-refractivity contribution in [1.29, 1.82) is 0 Å². The van der Waals surface area contributed by atoms with Crippen molar-refractivity contribution in [2.75, 3.05) is 26.2 Å². The third-order valence-electron chi connectivity index (χ3n) is 5.36. The number of sulfonamides is 1. The molecule has 172 valence electrons. The second kappa shape index (κ2) is 9.40. The van der Waals surface area contributed by atoms with Crippen molar-refractivity contribution in [3.05, 3.63) is 65.0 Å². The molecule has 0 bridgehead atoms. The van der Waals surface area contributed by atoms with Gasteiger partial charge >= 0.3 is 0 Å². The first kappa shape index (κ1) is 23.7. The highest BCUT2D eigenvalue weighted by atomic mass is 35.5. The van der Waals surface area contributed by atoms with Crippen LogP contribution < -0.4 is 0 Å². The maximum atomic E-state index is 13.1. The molecule has 33 heavy (non-hydrogen) atoms. The van der Waals surface area contributed by atoms with Crippen LogP contribution in [-0.2, 0) is 10.0 Å². The molecule has 1 aliphatic heterocycles. The van der Waals surface area contributed by atoms with E-state index in [1.165, 1.54) is 15.6 Å². The Bertz CT molecular complexity index is 1400. The van der Waals surface area contributed by atoms with Crippen LogP contribution in [0.5, 0.6) is 0 Å². The minimum Gasteiger partial charge on any atom is -0.345 e. The van der Waals surface area contributed by atoms with Crippen LogP contribution in [0.1, 0.15) is 9.80 Å². The molecule has 1 saturated heterocycles. The molecule has 0 saturated carbocycles. The lowest BCUT2D eigenvalue weighted by Gasteiger charge is -2.33. The number of fused-ring (bicyclic) bond motifs is 1. The Morgan fingerprint density at radius 1 is 1.06 bits per heavy atom. The van der Waals surface area contributed by atoms with Crippen LogP contribution >= 0.6 is 35.3 Å². The zero-order chi connectivity index (χ0) is 22.3. The number of aromatic nitrogens is 3. The molecule has 8 nitrogen and oxygen atoms in total. The van der Waals surface area contributed by atoms with Gasteiger partial charge in [-0.1, -0.05) is 11.6 Å². The molecule has 0 aliphatic carbocycles. The highest BCUT2D eigenvalue weighted by Gasteiger charge is 2.32. The number of amides is 1. The lowest BCUT2D eigenvalue weighted by atomic mass is 10.2. The fourth-order valence-corrected chi connectivity index (χ4v) is 6.15. The predicted molar refractivity (Wildman–Crippen MR) is 131 cm³/mol. The number of hydrogen-bond donors (Lipinski definition) is 1. The number of benzene rings is 1. The number of nitrogens with zero attached hydrogens (tertiary/aromatic N) is 4. The van der Waals surface area contributed by atoms with Crippen molar-refractivity contribution in [3.8, 4) is 10.4 Å². The van der Waals surface area contributed by atoms with E-state index in [1.54, 1.807) is 47.8 Å². The average Bonchev–Trinajstić information content (AvgIpc) is 3.47. The zero-order valence-electron chi connectivity index (χ0n) is 17.1. The maximum absolute atomic E-state index is 13.1. The number of hydrogen-bond acceptors (Lipinski definition) is 6. The number of rotatable bonds is 4. The van der Waals surface area contributed by atoms with E-state index in [0.717, 1.165) is 15.8 Å². The zero-order valence-corrected chi connectivity index (χ0v) is 20.3. The van der Waals surface area contributed by atoms with Crippen molar-refractivity contribution in [1.82, 2.24) is 24.2 Å². The first-order valence-corrected chi connectivity index (χ1v) is 12.5. The molecule has 0 spiro atoms. The maximum Gasteiger partial charge on any atom is 0.282 e. The molecule has 4 heterocycles. The van der Waals surface area contributed by atoms with Gasteiger partial charge in [0.25, 0.3) is 15.9 Å². The second-order valence-corrected chi connectivity index (χ2v) is 10.7. The molecule has 5 rings (SSSR count). The van der Waals surface area contributed by atoms with Gasteiger partial charge in [-0.05, 0) is 42.0 Å². The van der Waals surface area contributed by atoms with Crippen LogP contribution in [0, 0.1) is 0 Å². The molecule has 12 heteroatoms. The van der Waals surface area contributed by atoms with Gasteiger partial charge in [-0.3, -0.25) is 9.78 Å². The summed E-state index contributed by atoms with van der Waals surface area (Å²) in [6.07, 6.45) is 5.06. The number of carbonyl (C=O) groups excluding carboxylic acids is 1. The molecule has 1 aromatic carbocycles. The van der Waals surface area contributed by atoms with Gasteiger partial charge in [-0.25, -0.2) is 13.4 Å². The molecule has 1 N–H and O–H groups in total. The number of pyridine rings is 1. The Balaban J connectivity index is 0.00000259. The Hall–Kier alpha value is -2.50. The molecule has 0 radical (unpaired) electrons. The smallest absolute Gasteiger partial charge is 0.282 e. The van der Waals surface area contributed by atoms with Crippen LogP contribution in [0.25, 0.3) is 21.3 Å². The molecule has 4 aromatic rings. The highest BCUT2D eigenvalue weighted by molar-refractivity contribution is 7.89. The van der Waals surface area contributed by atoms with Gasteiger partial charge in [0.2, 0.25) is 0 Å². The summed E-state index contributed by atoms with van der Waals surface area (Å²) < 4.78 is 27.6. The predicted octanol–water partition coefficient (Wildman–Crippen LogP) is 3.91. The highest BCUT2D eigenvalue weighted by Crippen LogP contribution is 2.28. The van der Waals surface area contributed by atoms with Crippen molar-refractivity contribution in [2.45, 2.75) is 5.03 Å². The number of H-pyrrole nitrogens is 1. The fraction of sp³-hybridized carbons (Fsp3) is 0.190. The van der Waals surface area contributed by atoms with E-state index in [4.69, 9.17) is 11.6 Å². The third kappa shape index (κ3) is 4.62. The number of thiazole rings is 1. The summed E-state index contributed by atoms with van der Waals surface area (Å²) >= 11 is 7.32. The van der Waals surface area contributed by atoms with Gasteiger partial charge in [0.1, 0.15) is 5.03 Å². The van der Waals surface area contributed by atoms with Crippen molar-refractivity contribution in [2.24, 2.45) is 0 Å². The summed E-state index contributed by atoms with van der Waals surface area (Å²) in [6.45, 7) is 1.03. The molecule has 1 fully saturated rings. The van der Waals surface area contributed by atoms with Crippen LogP contribution in [0.4, 0.5) is 0 Å². The van der Waals surface area contributed by atoms with Crippen LogP contribution in [0.2, 0.25) is 5.02 Å². The van der Waals surface area contributed by atoms with Gasteiger partial charge in [0.15, 0.2) is 5.01 Å². The van der Waals surface area contributed by atoms with E-state index < -0.39 is 10.0 Å². The average molecular weight is 524 g/mol. The molecule has 0 unspecified atom stereocenters. The third-order valence-corrected chi connectivity index (χ3v) is 8.45. The number of nitrogens with one attached hydrogen (secondary N) is 1. The topological polar surface area (TPSA) is 99.3 Å². The summed E-state index contributed by atoms with van der Waals surface area (Å²) in [7, 11) is -3.70. The Kier molecular flexibility index (Phi) is 6.73. The van der Waals surface area contributed by atoms with Crippen molar-refractivity contribution >= 4 is 62.2 Å². The first-order chi connectivity index (χ1) is 15.4. The Labute approximate surface area is 205 Å². The van der Waals surface area contributed by atoms with E-state index >= 15 is 0 Å². The van der Waals surface area contributed by atoms with Crippen LogP contribution in [0.15, 0.2) is 60.0 Å². The summed E-state index contributed by atoms with van der Waals surface area (Å²) in [5.41, 5.74) is 1.66.